The first kappa shape index (κ1) is 15.8. The van der Waals surface area contributed by atoms with Crippen LogP contribution < -0.4 is 0 Å². The summed E-state index contributed by atoms with van der Waals surface area (Å²) in [5.74, 6) is 0.320. The molecule has 0 bridgehead atoms. The second-order valence-corrected chi connectivity index (χ2v) is 6.25. The molecule has 0 saturated carbocycles. The number of furan rings is 1. The van der Waals surface area contributed by atoms with Gasteiger partial charge in [-0.05, 0) is 74.1 Å². The molecule has 2 aromatic rings. The first-order valence-corrected chi connectivity index (χ1v) is 7.62. The number of benzene rings is 1. The number of hydrogen-bond acceptors (Lipinski definition) is 3. The second kappa shape index (κ2) is 5.64. The highest BCUT2D eigenvalue weighted by Gasteiger charge is 2.24. The summed E-state index contributed by atoms with van der Waals surface area (Å²) in [7, 11) is 0. The summed E-state index contributed by atoms with van der Waals surface area (Å²) < 4.78 is 5.34. The predicted octanol–water partition coefficient (Wildman–Crippen LogP) is 5.21. The Morgan fingerprint density at radius 1 is 1.00 bits per heavy atom. The van der Waals surface area contributed by atoms with Crippen LogP contribution >= 0.6 is 15.9 Å². The van der Waals surface area contributed by atoms with Gasteiger partial charge in [0.05, 0.1) is 10.9 Å². The van der Waals surface area contributed by atoms with Crippen LogP contribution in [0.5, 0.6) is 0 Å². The summed E-state index contributed by atoms with van der Waals surface area (Å²) >= 11 is 3.63. The number of nitro groups is 1. The standard InChI is InChI=1S/C16H18BrNO3/c1-8-9(2)11(4)15(12(5)10(8)3)16(17)13-6-7-14(21-13)18(19)20/h6-7,16H,1-5H3. The number of nitrogens with zero attached hydrogens (tertiary/aromatic N) is 1. The van der Waals surface area contributed by atoms with E-state index < -0.39 is 4.92 Å². The Labute approximate surface area is 132 Å². The van der Waals surface area contributed by atoms with E-state index in [1.165, 1.54) is 33.9 Å². The molecule has 0 aliphatic carbocycles. The Kier molecular flexibility index (Phi) is 4.23. The van der Waals surface area contributed by atoms with E-state index in [9.17, 15) is 10.1 Å². The summed E-state index contributed by atoms with van der Waals surface area (Å²) in [6.07, 6.45) is 0. The fraction of sp³-hybridized carbons (Fsp3) is 0.375. The van der Waals surface area contributed by atoms with Crippen molar-refractivity contribution in [1.82, 2.24) is 0 Å². The quantitative estimate of drug-likeness (QED) is 0.433. The SMILES string of the molecule is Cc1c(C)c(C)c(C(Br)c2ccc([N+](=O)[O-])o2)c(C)c1C. The van der Waals surface area contributed by atoms with Crippen molar-refractivity contribution in [3.05, 3.63) is 61.4 Å². The van der Waals surface area contributed by atoms with Crippen LogP contribution in [0.3, 0.4) is 0 Å². The van der Waals surface area contributed by atoms with Crippen molar-refractivity contribution >= 4 is 21.8 Å². The number of halogens is 1. The zero-order valence-corrected chi connectivity index (χ0v) is 14.4. The van der Waals surface area contributed by atoms with E-state index in [0.29, 0.717) is 5.76 Å². The monoisotopic (exact) mass is 351 g/mol. The lowest BCUT2D eigenvalue weighted by Gasteiger charge is -2.21. The van der Waals surface area contributed by atoms with Gasteiger partial charge in [0, 0.05) is 0 Å². The van der Waals surface area contributed by atoms with Crippen LogP contribution in [-0.2, 0) is 0 Å². The largest absolute Gasteiger partial charge is 0.433 e. The Hall–Kier alpha value is -1.62. The minimum absolute atomic E-state index is 0.191. The van der Waals surface area contributed by atoms with Crippen LogP contribution in [0.4, 0.5) is 5.88 Å². The van der Waals surface area contributed by atoms with E-state index in [4.69, 9.17) is 4.42 Å². The zero-order chi connectivity index (χ0) is 15.9. The van der Waals surface area contributed by atoms with Crippen LogP contribution in [0.1, 0.15) is 44.0 Å². The Morgan fingerprint density at radius 3 is 1.90 bits per heavy atom. The summed E-state index contributed by atoms with van der Waals surface area (Å²) in [4.78, 5) is 10.0. The molecule has 1 heterocycles. The topological polar surface area (TPSA) is 56.3 Å². The molecule has 1 aromatic carbocycles. The van der Waals surface area contributed by atoms with Crippen molar-refractivity contribution < 1.29 is 9.34 Å². The highest BCUT2D eigenvalue weighted by Crippen LogP contribution is 2.40. The van der Waals surface area contributed by atoms with Crippen molar-refractivity contribution in [1.29, 1.82) is 0 Å². The molecule has 0 spiro atoms. The highest BCUT2D eigenvalue weighted by atomic mass is 79.9. The Balaban J connectivity index is 2.57. The van der Waals surface area contributed by atoms with Gasteiger partial charge in [0.15, 0.2) is 0 Å². The van der Waals surface area contributed by atoms with E-state index in [1.54, 1.807) is 6.07 Å². The van der Waals surface area contributed by atoms with Crippen LogP contribution in [0.15, 0.2) is 16.5 Å². The molecule has 1 atom stereocenters. The van der Waals surface area contributed by atoms with E-state index in [2.05, 4.69) is 50.5 Å². The summed E-state index contributed by atoms with van der Waals surface area (Å²) in [5, 5.41) is 10.8. The summed E-state index contributed by atoms with van der Waals surface area (Å²) in [6, 6.07) is 3.04. The minimum Gasteiger partial charge on any atom is -0.404 e. The van der Waals surface area contributed by atoms with Gasteiger partial charge >= 0.3 is 5.88 Å². The van der Waals surface area contributed by atoms with Gasteiger partial charge in [0.2, 0.25) is 0 Å². The molecule has 0 radical (unpaired) electrons. The number of alkyl halides is 1. The molecule has 0 aliphatic rings. The van der Waals surface area contributed by atoms with Crippen molar-refractivity contribution in [2.45, 2.75) is 39.4 Å². The van der Waals surface area contributed by atoms with Gasteiger partial charge in [-0.15, -0.1) is 0 Å². The molecule has 4 nitrogen and oxygen atoms in total. The molecule has 0 aliphatic heterocycles. The minimum atomic E-state index is -0.519. The fourth-order valence-electron chi connectivity index (χ4n) is 2.63. The van der Waals surface area contributed by atoms with Crippen LogP contribution in [0.2, 0.25) is 0 Å². The van der Waals surface area contributed by atoms with Crippen molar-refractivity contribution in [2.24, 2.45) is 0 Å². The van der Waals surface area contributed by atoms with Gasteiger partial charge in [0.1, 0.15) is 10.7 Å². The third-order valence-corrected chi connectivity index (χ3v) is 5.26. The molecule has 0 fully saturated rings. The summed E-state index contributed by atoms with van der Waals surface area (Å²) in [5.41, 5.74) is 7.30. The first-order chi connectivity index (χ1) is 9.75. The van der Waals surface area contributed by atoms with Gasteiger partial charge in [-0.1, -0.05) is 15.9 Å². The van der Waals surface area contributed by atoms with Crippen LogP contribution in [-0.4, -0.2) is 4.92 Å². The molecule has 112 valence electrons. The Bertz CT molecular complexity index is 690. The maximum Gasteiger partial charge on any atom is 0.433 e. The van der Waals surface area contributed by atoms with E-state index >= 15 is 0 Å². The molecule has 1 unspecified atom stereocenters. The maximum atomic E-state index is 10.8. The number of hydrogen-bond donors (Lipinski definition) is 0. The number of rotatable bonds is 3. The molecule has 2 rings (SSSR count). The Morgan fingerprint density at radius 2 is 1.48 bits per heavy atom. The van der Waals surface area contributed by atoms with Crippen LogP contribution in [0, 0.1) is 44.7 Å². The second-order valence-electron chi connectivity index (χ2n) is 5.33. The van der Waals surface area contributed by atoms with E-state index in [0.717, 1.165) is 5.56 Å². The van der Waals surface area contributed by atoms with Crippen molar-refractivity contribution in [3.8, 4) is 0 Å². The third-order valence-electron chi connectivity index (χ3n) is 4.35. The van der Waals surface area contributed by atoms with E-state index in [1.807, 2.05) is 0 Å². The highest BCUT2D eigenvalue weighted by molar-refractivity contribution is 9.09. The molecule has 21 heavy (non-hydrogen) atoms. The lowest BCUT2D eigenvalue weighted by Crippen LogP contribution is -2.05. The van der Waals surface area contributed by atoms with Crippen LogP contribution in [0.25, 0.3) is 0 Å². The lowest BCUT2D eigenvalue weighted by molar-refractivity contribution is -0.402. The van der Waals surface area contributed by atoms with Gasteiger partial charge in [-0.2, -0.15) is 0 Å². The summed E-state index contributed by atoms with van der Waals surface area (Å²) in [6.45, 7) is 10.5. The molecular weight excluding hydrogens is 334 g/mol. The molecule has 0 saturated heterocycles. The fourth-order valence-corrected chi connectivity index (χ4v) is 3.56. The molecule has 1 aromatic heterocycles. The average molecular weight is 352 g/mol. The van der Waals surface area contributed by atoms with Gasteiger partial charge < -0.3 is 4.42 Å². The first-order valence-electron chi connectivity index (χ1n) is 6.70. The normalized spacial score (nSPS) is 12.5. The molecule has 5 heteroatoms. The average Bonchev–Trinajstić information content (AvgIpc) is 2.93. The zero-order valence-electron chi connectivity index (χ0n) is 12.8. The third kappa shape index (κ3) is 2.62. The van der Waals surface area contributed by atoms with Crippen molar-refractivity contribution in [3.63, 3.8) is 0 Å². The predicted molar refractivity (Wildman–Crippen MR) is 86.3 cm³/mol. The van der Waals surface area contributed by atoms with Gasteiger partial charge in [0.25, 0.3) is 0 Å². The lowest BCUT2D eigenvalue weighted by atomic mass is 9.88. The van der Waals surface area contributed by atoms with Gasteiger partial charge in [-0.3, -0.25) is 10.1 Å². The van der Waals surface area contributed by atoms with Gasteiger partial charge in [-0.25, -0.2) is 0 Å². The smallest absolute Gasteiger partial charge is 0.404 e. The molecule has 0 amide bonds. The van der Waals surface area contributed by atoms with Crippen molar-refractivity contribution in [2.75, 3.05) is 0 Å². The maximum absolute atomic E-state index is 10.8. The molecule has 0 N–H and O–H groups in total. The van der Waals surface area contributed by atoms with E-state index in [-0.39, 0.29) is 10.7 Å². The molecular formula is C16H18BrNO3.